The number of carbonyl (C=O) groups excluding carboxylic acids is 2. The Labute approximate surface area is 219 Å². The van der Waals surface area contributed by atoms with Crippen molar-refractivity contribution >= 4 is 34.0 Å². The summed E-state index contributed by atoms with van der Waals surface area (Å²) >= 11 is 1.43. The topological polar surface area (TPSA) is 101 Å². The van der Waals surface area contributed by atoms with E-state index < -0.39 is 0 Å². The molecule has 1 fully saturated rings. The number of nitrogens with zero attached hydrogens (tertiary/aromatic N) is 5. The summed E-state index contributed by atoms with van der Waals surface area (Å²) in [7, 11) is 0. The number of anilines is 2. The number of aromatic nitrogens is 4. The SMILES string of the molecule is O=C(Cc1ccccc1)Cc1ccc(N2CCCC(c3nnc(NC(=O)Cc4ccccc4)s3)C2)nn1. The Balaban J connectivity index is 1.15. The number of Topliss-reactive ketones (excluding diaryl/α,β-unsaturated/α-hetero) is 1. The molecule has 1 N–H and O–H groups in total. The maximum atomic E-state index is 12.4. The summed E-state index contributed by atoms with van der Waals surface area (Å²) in [6.45, 7) is 1.64. The summed E-state index contributed by atoms with van der Waals surface area (Å²) in [6.07, 6.45) is 2.98. The van der Waals surface area contributed by atoms with Crippen LogP contribution in [0.25, 0.3) is 0 Å². The van der Waals surface area contributed by atoms with Crippen molar-refractivity contribution in [1.82, 2.24) is 20.4 Å². The number of amides is 1. The molecule has 1 aliphatic rings. The second-order valence-corrected chi connectivity index (χ2v) is 10.2. The molecule has 9 heteroatoms. The van der Waals surface area contributed by atoms with Crippen LogP contribution in [0.2, 0.25) is 0 Å². The Kier molecular flexibility index (Phi) is 7.90. The van der Waals surface area contributed by atoms with Gasteiger partial charge in [0, 0.05) is 25.4 Å². The first-order valence-electron chi connectivity index (χ1n) is 12.4. The minimum Gasteiger partial charge on any atom is -0.354 e. The summed E-state index contributed by atoms with van der Waals surface area (Å²) in [5.41, 5.74) is 2.64. The zero-order valence-corrected chi connectivity index (χ0v) is 21.2. The van der Waals surface area contributed by atoms with Crippen molar-refractivity contribution < 1.29 is 9.59 Å². The molecule has 37 heavy (non-hydrogen) atoms. The third kappa shape index (κ3) is 6.83. The Morgan fingerprint density at radius 3 is 2.27 bits per heavy atom. The zero-order chi connectivity index (χ0) is 25.5. The quantitative estimate of drug-likeness (QED) is 0.358. The van der Waals surface area contributed by atoms with Crippen LogP contribution in [0.1, 0.15) is 40.6 Å². The van der Waals surface area contributed by atoms with Crippen molar-refractivity contribution in [1.29, 1.82) is 0 Å². The molecule has 0 bridgehead atoms. The lowest BCUT2D eigenvalue weighted by Gasteiger charge is -2.32. The van der Waals surface area contributed by atoms with E-state index in [1.807, 2.05) is 72.8 Å². The van der Waals surface area contributed by atoms with Crippen LogP contribution in [0, 0.1) is 0 Å². The molecule has 1 aliphatic heterocycles. The number of nitrogens with one attached hydrogen (secondary N) is 1. The first-order valence-corrected chi connectivity index (χ1v) is 13.2. The average molecular weight is 513 g/mol. The Hall–Kier alpha value is -3.98. The molecule has 0 aliphatic carbocycles. The third-order valence-electron chi connectivity index (χ3n) is 6.32. The maximum absolute atomic E-state index is 12.4. The predicted molar refractivity (Wildman–Crippen MR) is 144 cm³/mol. The van der Waals surface area contributed by atoms with Gasteiger partial charge in [0.15, 0.2) is 5.82 Å². The van der Waals surface area contributed by atoms with Crippen LogP contribution < -0.4 is 10.2 Å². The first kappa shape index (κ1) is 24.7. The van der Waals surface area contributed by atoms with Crippen molar-refractivity contribution in [2.24, 2.45) is 0 Å². The molecule has 1 amide bonds. The van der Waals surface area contributed by atoms with Crippen molar-refractivity contribution in [2.45, 2.75) is 38.0 Å². The van der Waals surface area contributed by atoms with Crippen LogP contribution in [-0.2, 0) is 28.9 Å². The zero-order valence-electron chi connectivity index (χ0n) is 20.4. The molecule has 1 unspecified atom stereocenters. The molecule has 2 aromatic carbocycles. The second kappa shape index (κ2) is 11.8. The van der Waals surface area contributed by atoms with Crippen molar-refractivity contribution in [2.75, 3.05) is 23.3 Å². The van der Waals surface area contributed by atoms with Gasteiger partial charge in [-0.15, -0.1) is 15.3 Å². The van der Waals surface area contributed by atoms with Crippen molar-refractivity contribution in [3.63, 3.8) is 0 Å². The summed E-state index contributed by atoms with van der Waals surface area (Å²) < 4.78 is 0. The van der Waals surface area contributed by atoms with Gasteiger partial charge in [-0.25, -0.2) is 0 Å². The van der Waals surface area contributed by atoms with E-state index in [1.54, 1.807) is 0 Å². The van der Waals surface area contributed by atoms with Crippen LogP contribution in [0.15, 0.2) is 72.8 Å². The molecule has 5 rings (SSSR count). The number of benzene rings is 2. The lowest BCUT2D eigenvalue weighted by atomic mass is 9.99. The molecule has 0 saturated carbocycles. The second-order valence-electron chi connectivity index (χ2n) is 9.20. The molecule has 1 saturated heterocycles. The van der Waals surface area contributed by atoms with E-state index in [2.05, 4.69) is 30.6 Å². The number of piperidine rings is 1. The van der Waals surface area contributed by atoms with Gasteiger partial charge in [0.25, 0.3) is 0 Å². The van der Waals surface area contributed by atoms with Gasteiger partial charge >= 0.3 is 0 Å². The molecular weight excluding hydrogens is 484 g/mol. The Morgan fingerprint density at radius 1 is 0.838 bits per heavy atom. The highest BCUT2D eigenvalue weighted by Gasteiger charge is 2.26. The Morgan fingerprint density at radius 2 is 1.57 bits per heavy atom. The van der Waals surface area contributed by atoms with Gasteiger partial charge in [-0.2, -0.15) is 5.10 Å². The van der Waals surface area contributed by atoms with Crippen LogP contribution in [0.3, 0.4) is 0 Å². The molecule has 0 spiro atoms. The van der Waals surface area contributed by atoms with E-state index in [4.69, 9.17) is 0 Å². The van der Waals surface area contributed by atoms with Gasteiger partial charge in [-0.3, -0.25) is 9.59 Å². The van der Waals surface area contributed by atoms with Gasteiger partial charge in [-0.1, -0.05) is 72.0 Å². The smallest absolute Gasteiger partial charge is 0.230 e. The molecule has 4 aromatic rings. The minimum absolute atomic E-state index is 0.100. The summed E-state index contributed by atoms with van der Waals surface area (Å²) in [6, 6.07) is 23.2. The van der Waals surface area contributed by atoms with E-state index >= 15 is 0 Å². The lowest BCUT2D eigenvalue weighted by Crippen LogP contribution is -2.35. The van der Waals surface area contributed by atoms with Gasteiger partial charge in [0.2, 0.25) is 11.0 Å². The number of rotatable bonds is 9. The van der Waals surface area contributed by atoms with E-state index in [0.29, 0.717) is 23.7 Å². The van der Waals surface area contributed by atoms with E-state index in [1.165, 1.54) is 11.3 Å². The highest BCUT2D eigenvalue weighted by molar-refractivity contribution is 7.15. The number of hydrogen-bond acceptors (Lipinski definition) is 8. The first-order chi connectivity index (χ1) is 18.1. The molecule has 1 atom stereocenters. The van der Waals surface area contributed by atoms with E-state index in [9.17, 15) is 9.59 Å². The van der Waals surface area contributed by atoms with Gasteiger partial charge < -0.3 is 10.2 Å². The predicted octanol–water partition coefficient (Wildman–Crippen LogP) is 4.25. The molecule has 8 nitrogen and oxygen atoms in total. The van der Waals surface area contributed by atoms with E-state index in [-0.39, 0.29) is 24.0 Å². The highest BCUT2D eigenvalue weighted by Crippen LogP contribution is 2.32. The van der Waals surface area contributed by atoms with Crippen LogP contribution >= 0.6 is 11.3 Å². The molecule has 188 valence electrons. The third-order valence-corrected chi connectivity index (χ3v) is 7.32. The van der Waals surface area contributed by atoms with Gasteiger partial charge in [0.1, 0.15) is 10.8 Å². The van der Waals surface area contributed by atoms with Gasteiger partial charge in [0.05, 0.1) is 18.5 Å². The fraction of sp³-hybridized carbons (Fsp3) is 0.286. The number of carbonyl (C=O) groups is 2. The summed E-state index contributed by atoms with van der Waals surface area (Å²) in [5, 5.41) is 21.6. The average Bonchev–Trinajstić information content (AvgIpc) is 3.38. The fourth-order valence-corrected chi connectivity index (χ4v) is 5.37. The van der Waals surface area contributed by atoms with Crippen LogP contribution in [0.5, 0.6) is 0 Å². The number of hydrogen-bond donors (Lipinski definition) is 1. The van der Waals surface area contributed by atoms with Crippen LogP contribution in [-0.4, -0.2) is 45.2 Å². The van der Waals surface area contributed by atoms with Crippen LogP contribution in [0.4, 0.5) is 10.9 Å². The Bertz CT molecular complexity index is 1330. The number of ketones is 1. The van der Waals surface area contributed by atoms with Crippen molar-refractivity contribution in [3.05, 3.63) is 94.6 Å². The molecule has 3 heterocycles. The molecule has 0 radical (unpaired) electrons. The molecule has 2 aromatic heterocycles. The normalized spacial score (nSPS) is 15.4. The summed E-state index contributed by atoms with van der Waals surface area (Å²) in [4.78, 5) is 27.0. The lowest BCUT2D eigenvalue weighted by molar-refractivity contribution is -0.118. The largest absolute Gasteiger partial charge is 0.354 e. The minimum atomic E-state index is -0.100. The highest BCUT2D eigenvalue weighted by atomic mass is 32.1. The maximum Gasteiger partial charge on any atom is 0.230 e. The summed E-state index contributed by atoms with van der Waals surface area (Å²) in [5.74, 6) is 1.02. The van der Waals surface area contributed by atoms with E-state index in [0.717, 1.165) is 47.9 Å². The standard InChI is InChI=1S/C28H28N6O2S/c35-24(16-20-8-3-1-4-9-20)18-23-13-14-25(31-30-23)34-15-7-12-22(19-34)27-32-33-28(37-27)29-26(36)17-21-10-5-2-6-11-21/h1-6,8-11,13-14,22H,7,12,15-19H2,(H,29,33,36). The molecular formula is C28H28N6O2S. The fourth-order valence-electron chi connectivity index (χ4n) is 4.49. The van der Waals surface area contributed by atoms with Crippen molar-refractivity contribution in [3.8, 4) is 0 Å². The monoisotopic (exact) mass is 512 g/mol. The van der Waals surface area contributed by atoms with Gasteiger partial charge in [-0.05, 0) is 36.1 Å².